The summed E-state index contributed by atoms with van der Waals surface area (Å²) >= 11 is 0. The third-order valence-corrected chi connectivity index (χ3v) is 6.12. The topological polar surface area (TPSA) is 52.7 Å². The number of benzene rings is 2. The highest BCUT2D eigenvalue weighted by Crippen LogP contribution is 2.29. The molecule has 1 aliphatic rings. The lowest BCUT2D eigenvalue weighted by atomic mass is 9.93. The van der Waals surface area contributed by atoms with Crippen LogP contribution in [0.1, 0.15) is 56.8 Å². The average Bonchev–Trinajstić information content (AvgIpc) is 2.77. The lowest BCUT2D eigenvalue weighted by molar-refractivity contribution is -0.134. The molecule has 0 aromatic heterocycles. The Balaban J connectivity index is 1.69. The van der Waals surface area contributed by atoms with Crippen molar-refractivity contribution in [2.75, 3.05) is 25.0 Å². The first kappa shape index (κ1) is 22.9. The fourth-order valence-corrected chi connectivity index (χ4v) is 4.06. The average molecular weight is 422 g/mol. The van der Waals surface area contributed by atoms with Crippen molar-refractivity contribution in [1.82, 2.24) is 9.80 Å². The summed E-state index contributed by atoms with van der Waals surface area (Å²) in [6.07, 6.45) is 2.67. The van der Waals surface area contributed by atoms with Crippen LogP contribution in [0, 0.1) is 5.92 Å². The van der Waals surface area contributed by atoms with E-state index in [0.717, 1.165) is 24.9 Å². The van der Waals surface area contributed by atoms with Gasteiger partial charge in [0.1, 0.15) is 6.54 Å². The van der Waals surface area contributed by atoms with E-state index in [2.05, 4.69) is 45.1 Å². The first-order chi connectivity index (χ1) is 14.9. The molecule has 1 heterocycles. The minimum Gasteiger partial charge on any atom is -0.334 e. The third-order valence-electron chi connectivity index (χ3n) is 6.12. The van der Waals surface area contributed by atoms with E-state index in [4.69, 9.17) is 0 Å². The molecule has 1 N–H and O–H groups in total. The summed E-state index contributed by atoms with van der Waals surface area (Å²) in [5.74, 6) is 0.456. The van der Waals surface area contributed by atoms with Crippen molar-refractivity contribution < 1.29 is 9.59 Å². The fraction of sp³-hybridized carbons (Fsp3) is 0.462. The van der Waals surface area contributed by atoms with Crippen LogP contribution in [0.2, 0.25) is 0 Å². The van der Waals surface area contributed by atoms with Crippen molar-refractivity contribution in [2.45, 2.75) is 53.0 Å². The molecule has 0 saturated heterocycles. The third kappa shape index (κ3) is 5.87. The minimum atomic E-state index is -0.219. The number of carbonyl (C=O) groups is 2. The predicted octanol–water partition coefficient (Wildman–Crippen LogP) is 5.27. The molecule has 1 unspecified atom stereocenters. The van der Waals surface area contributed by atoms with Gasteiger partial charge in [0, 0.05) is 18.8 Å². The highest BCUT2D eigenvalue weighted by molar-refractivity contribution is 5.92. The van der Waals surface area contributed by atoms with Crippen LogP contribution in [0.5, 0.6) is 0 Å². The van der Waals surface area contributed by atoms with Crippen molar-refractivity contribution in [3.05, 3.63) is 65.2 Å². The van der Waals surface area contributed by atoms with Gasteiger partial charge in [0.25, 0.3) is 0 Å². The molecular formula is C26H35N3O2. The largest absolute Gasteiger partial charge is 0.334 e. The summed E-state index contributed by atoms with van der Waals surface area (Å²) in [5.41, 5.74) is 4.49. The first-order valence-corrected chi connectivity index (χ1v) is 11.4. The summed E-state index contributed by atoms with van der Waals surface area (Å²) in [6.45, 7) is 9.78. The van der Waals surface area contributed by atoms with Crippen LogP contribution in [0.4, 0.5) is 10.5 Å². The van der Waals surface area contributed by atoms with Gasteiger partial charge in [0.15, 0.2) is 0 Å². The van der Waals surface area contributed by atoms with Crippen molar-refractivity contribution in [1.29, 1.82) is 0 Å². The fourth-order valence-electron chi connectivity index (χ4n) is 4.06. The van der Waals surface area contributed by atoms with Gasteiger partial charge in [-0.05, 0) is 60.9 Å². The Morgan fingerprint density at radius 1 is 1.13 bits per heavy atom. The summed E-state index contributed by atoms with van der Waals surface area (Å²) in [4.78, 5) is 29.8. The lowest BCUT2D eigenvalue weighted by Crippen LogP contribution is -2.47. The molecule has 1 aliphatic heterocycles. The molecule has 2 aromatic carbocycles. The zero-order chi connectivity index (χ0) is 22.4. The van der Waals surface area contributed by atoms with Crippen LogP contribution in [0.25, 0.3) is 0 Å². The molecule has 3 amide bonds. The summed E-state index contributed by atoms with van der Waals surface area (Å²) in [5, 5.41) is 2.97. The Bertz CT molecular complexity index is 892. The second kappa shape index (κ2) is 10.5. The highest BCUT2D eigenvalue weighted by atomic mass is 16.2. The lowest BCUT2D eigenvalue weighted by Gasteiger charge is -2.36. The van der Waals surface area contributed by atoms with Gasteiger partial charge in [-0.1, -0.05) is 57.2 Å². The number of hydrogen-bond donors (Lipinski definition) is 1. The van der Waals surface area contributed by atoms with E-state index in [1.807, 2.05) is 41.3 Å². The molecule has 166 valence electrons. The molecule has 3 rings (SSSR count). The van der Waals surface area contributed by atoms with E-state index in [1.165, 1.54) is 16.7 Å². The standard InChI is InChI=1S/C26H35N3O2/c1-5-21-10-12-23(13-11-21)27-26(31)28(16-14-19(2)3)18-25(30)29-17-15-22-8-6-7-9-24(22)20(29)4/h6-13,19-20H,5,14-18H2,1-4H3,(H,27,31). The van der Waals surface area contributed by atoms with Gasteiger partial charge in [0.05, 0.1) is 6.04 Å². The van der Waals surface area contributed by atoms with E-state index in [1.54, 1.807) is 4.90 Å². The molecule has 5 heteroatoms. The molecule has 0 fully saturated rings. The van der Waals surface area contributed by atoms with E-state index in [-0.39, 0.29) is 24.5 Å². The number of urea groups is 1. The number of carbonyl (C=O) groups excluding carboxylic acids is 2. The summed E-state index contributed by atoms with van der Waals surface area (Å²) in [6, 6.07) is 16.0. The number of nitrogens with one attached hydrogen (secondary N) is 1. The molecule has 0 bridgehead atoms. The van der Waals surface area contributed by atoms with Crippen molar-refractivity contribution in [3.63, 3.8) is 0 Å². The van der Waals surface area contributed by atoms with Crippen molar-refractivity contribution in [3.8, 4) is 0 Å². The number of amides is 3. The number of fused-ring (bicyclic) bond motifs is 1. The Labute approximate surface area is 186 Å². The second-order valence-electron chi connectivity index (χ2n) is 8.80. The zero-order valence-corrected chi connectivity index (χ0v) is 19.2. The molecule has 0 aliphatic carbocycles. The van der Waals surface area contributed by atoms with Gasteiger partial charge in [-0.15, -0.1) is 0 Å². The van der Waals surface area contributed by atoms with E-state index >= 15 is 0 Å². The molecule has 0 saturated carbocycles. The quantitative estimate of drug-likeness (QED) is 0.662. The maximum absolute atomic E-state index is 13.2. The monoisotopic (exact) mass is 421 g/mol. The number of anilines is 1. The van der Waals surface area contributed by atoms with Crippen LogP contribution in [0.3, 0.4) is 0 Å². The van der Waals surface area contributed by atoms with Gasteiger partial charge in [-0.3, -0.25) is 4.79 Å². The molecule has 31 heavy (non-hydrogen) atoms. The van der Waals surface area contributed by atoms with Crippen LogP contribution in [-0.4, -0.2) is 41.4 Å². The van der Waals surface area contributed by atoms with Gasteiger partial charge < -0.3 is 15.1 Å². The van der Waals surface area contributed by atoms with E-state index in [0.29, 0.717) is 19.0 Å². The van der Waals surface area contributed by atoms with Gasteiger partial charge in [-0.2, -0.15) is 0 Å². The van der Waals surface area contributed by atoms with E-state index in [9.17, 15) is 9.59 Å². The number of nitrogens with zero attached hydrogens (tertiary/aromatic N) is 2. The van der Waals surface area contributed by atoms with Crippen LogP contribution in [-0.2, 0) is 17.6 Å². The van der Waals surface area contributed by atoms with Crippen molar-refractivity contribution in [2.24, 2.45) is 5.92 Å². The maximum Gasteiger partial charge on any atom is 0.322 e. The SMILES string of the molecule is CCc1ccc(NC(=O)N(CCC(C)C)CC(=O)N2CCc3ccccc3C2C)cc1. The van der Waals surface area contributed by atoms with Crippen molar-refractivity contribution >= 4 is 17.6 Å². The molecule has 2 aromatic rings. The Kier molecular flexibility index (Phi) is 7.72. The molecular weight excluding hydrogens is 386 g/mol. The molecule has 5 nitrogen and oxygen atoms in total. The Hall–Kier alpha value is -2.82. The number of rotatable bonds is 7. The molecule has 0 radical (unpaired) electrons. The molecule has 1 atom stereocenters. The second-order valence-corrected chi connectivity index (χ2v) is 8.80. The molecule has 0 spiro atoms. The van der Waals surface area contributed by atoms with Gasteiger partial charge in [-0.25, -0.2) is 4.79 Å². The van der Waals surface area contributed by atoms with E-state index < -0.39 is 0 Å². The van der Waals surface area contributed by atoms with Gasteiger partial charge >= 0.3 is 6.03 Å². The van der Waals surface area contributed by atoms with Crippen LogP contribution < -0.4 is 5.32 Å². The summed E-state index contributed by atoms with van der Waals surface area (Å²) in [7, 11) is 0. The Morgan fingerprint density at radius 2 is 1.84 bits per heavy atom. The number of aryl methyl sites for hydroxylation is 1. The number of hydrogen-bond acceptors (Lipinski definition) is 2. The van der Waals surface area contributed by atoms with Crippen LogP contribution in [0.15, 0.2) is 48.5 Å². The smallest absolute Gasteiger partial charge is 0.322 e. The minimum absolute atomic E-state index is 0.00207. The predicted molar refractivity (Wildman–Crippen MR) is 126 cm³/mol. The zero-order valence-electron chi connectivity index (χ0n) is 19.2. The van der Waals surface area contributed by atoms with Crippen LogP contribution >= 0.6 is 0 Å². The Morgan fingerprint density at radius 3 is 2.52 bits per heavy atom. The highest BCUT2D eigenvalue weighted by Gasteiger charge is 2.29. The first-order valence-electron chi connectivity index (χ1n) is 11.4. The summed E-state index contributed by atoms with van der Waals surface area (Å²) < 4.78 is 0. The normalized spacial score (nSPS) is 15.5. The van der Waals surface area contributed by atoms with Gasteiger partial charge in [0.2, 0.25) is 5.91 Å². The maximum atomic E-state index is 13.2.